The van der Waals surface area contributed by atoms with Gasteiger partial charge in [0.25, 0.3) is 0 Å². The van der Waals surface area contributed by atoms with Crippen LogP contribution in [0, 0.1) is 0 Å². The number of hydrogen-bond donors (Lipinski definition) is 0. The highest BCUT2D eigenvalue weighted by Crippen LogP contribution is 2.52. The van der Waals surface area contributed by atoms with E-state index in [1.54, 1.807) is 0 Å². The Morgan fingerprint density at radius 1 is 0.491 bits per heavy atom. The van der Waals surface area contributed by atoms with Gasteiger partial charge in [-0.1, -0.05) is 111 Å². The summed E-state index contributed by atoms with van der Waals surface area (Å²) in [5, 5.41) is 7.36. The Morgan fingerprint density at radius 2 is 1.09 bits per heavy atom. The van der Waals surface area contributed by atoms with E-state index in [-0.39, 0.29) is 5.41 Å². The van der Waals surface area contributed by atoms with Gasteiger partial charge in [0.2, 0.25) is 0 Å². The molecule has 3 heterocycles. The van der Waals surface area contributed by atoms with Crippen molar-refractivity contribution in [3.8, 4) is 16.8 Å². The van der Waals surface area contributed by atoms with Crippen molar-refractivity contribution in [2.75, 3.05) is 4.90 Å². The van der Waals surface area contributed by atoms with Gasteiger partial charge in [0, 0.05) is 64.2 Å². The zero-order valence-corrected chi connectivity index (χ0v) is 31.2. The molecule has 1 aliphatic rings. The van der Waals surface area contributed by atoms with Crippen molar-refractivity contribution in [2.24, 2.45) is 0 Å². The number of fused-ring (bicyclic) bond motifs is 12. The standard InChI is InChI=1S/C51H34N2OS/c1-51(2)42-29-32(22-25-34(42)35-26-23-33(30-43(35)51)53-44-17-7-3-12-36(44)37-13-4-8-18-45(37)53)52(31-24-27-49-41(28-31)39-15-6-10-21-48(39)55-49)46-19-11-16-40-38-14-5-9-20-47(38)54-50(40)46/h3-30H,1-2H3. The molecule has 1 aliphatic carbocycles. The maximum atomic E-state index is 6.70. The summed E-state index contributed by atoms with van der Waals surface area (Å²) >= 11 is 1.85. The molecule has 0 atom stereocenters. The predicted octanol–water partition coefficient (Wildman–Crippen LogP) is 14.8. The summed E-state index contributed by atoms with van der Waals surface area (Å²) in [4.78, 5) is 2.40. The van der Waals surface area contributed by atoms with Crippen molar-refractivity contribution in [1.82, 2.24) is 4.57 Å². The van der Waals surface area contributed by atoms with E-state index in [0.29, 0.717) is 0 Å². The molecule has 0 spiro atoms. The number of hydrogen-bond acceptors (Lipinski definition) is 3. The third-order valence-corrected chi connectivity index (χ3v) is 13.1. The van der Waals surface area contributed by atoms with Crippen LogP contribution in [0.4, 0.5) is 17.1 Å². The van der Waals surface area contributed by atoms with Crippen molar-refractivity contribution in [1.29, 1.82) is 0 Å². The average molecular weight is 723 g/mol. The van der Waals surface area contributed by atoms with Crippen LogP contribution in [-0.2, 0) is 5.41 Å². The number of aromatic nitrogens is 1. The zero-order chi connectivity index (χ0) is 36.4. The van der Waals surface area contributed by atoms with Gasteiger partial charge < -0.3 is 13.9 Å². The second-order valence-electron chi connectivity index (χ2n) is 15.3. The van der Waals surface area contributed by atoms with Crippen LogP contribution in [0.3, 0.4) is 0 Å². The Morgan fingerprint density at radius 3 is 1.89 bits per heavy atom. The van der Waals surface area contributed by atoms with Gasteiger partial charge in [-0.15, -0.1) is 11.3 Å². The molecule has 0 saturated carbocycles. The number of para-hydroxylation sites is 4. The Hall–Kier alpha value is -6.62. The number of nitrogens with zero attached hydrogens (tertiary/aromatic N) is 2. The van der Waals surface area contributed by atoms with Crippen molar-refractivity contribution >= 4 is 92.3 Å². The molecule has 3 aromatic heterocycles. The van der Waals surface area contributed by atoms with Crippen LogP contribution < -0.4 is 4.90 Å². The van der Waals surface area contributed by atoms with Crippen LogP contribution in [0.1, 0.15) is 25.0 Å². The second-order valence-corrected chi connectivity index (χ2v) is 16.4. The minimum absolute atomic E-state index is 0.236. The van der Waals surface area contributed by atoms with Crippen molar-refractivity contribution in [3.05, 3.63) is 181 Å². The van der Waals surface area contributed by atoms with Gasteiger partial charge in [-0.25, -0.2) is 0 Å². The summed E-state index contributed by atoms with van der Waals surface area (Å²) in [6, 6.07) is 62.2. The molecular formula is C51H34N2OS. The van der Waals surface area contributed by atoms with Crippen LogP contribution in [0.5, 0.6) is 0 Å². The molecule has 0 aliphatic heterocycles. The first-order chi connectivity index (χ1) is 27.0. The summed E-state index contributed by atoms with van der Waals surface area (Å²) in [6.07, 6.45) is 0. The monoisotopic (exact) mass is 722 g/mol. The lowest BCUT2D eigenvalue weighted by molar-refractivity contribution is 0.660. The minimum Gasteiger partial charge on any atom is -0.454 e. The fraction of sp³-hybridized carbons (Fsp3) is 0.0588. The van der Waals surface area contributed by atoms with E-state index in [1.807, 2.05) is 17.4 Å². The van der Waals surface area contributed by atoms with E-state index in [2.05, 4.69) is 187 Å². The first-order valence-corrected chi connectivity index (χ1v) is 19.7. The van der Waals surface area contributed by atoms with Gasteiger partial charge in [0.15, 0.2) is 5.58 Å². The highest BCUT2D eigenvalue weighted by atomic mass is 32.1. The summed E-state index contributed by atoms with van der Waals surface area (Å²) in [6.45, 7) is 4.76. The van der Waals surface area contributed by atoms with E-state index in [0.717, 1.165) is 39.0 Å². The fourth-order valence-electron chi connectivity index (χ4n) is 9.38. The molecule has 260 valence electrons. The Bertz CT molecular complexity index is 3320. The number of rotatable bonds is 4. The smallest absolute Gasteiger partial charge is 0.159 e. The van der Waals surface area contributed by atoms with Crippen molar-refractivity contribution < 1.29 is 4.42 Å². The molecule has 0 saturated heterocycles. The largest absolute Gasteiger partial charge is 0.454 e. The average Bonchev–Trinajstić information content (AvgIpc) is 3.95. The third-order valence-electron chi connectivity index (χ3n) is 12.0. The highest BCUT2D eigenvalue weighted by molar-refractivity contribution is 7.25. The number of thiophene rings is 1. The molecule has 55 heavy (non-hydrogen) atoms. The minimum atomic E-state index is -0.236. The Balaban J connectivity index is 1.05. The molecule has 0 N–H and O–H groups in total. The lowest BCUT2D eigenvalue weighted by Gasteiger charge is -2.28. The Labute approximate surface area is 321 Å². The van der Waals surface area contributed by atoms with E-state index in [9.17, 15) is 0 Å². The van der Waals surface area contributed by atoms with Gasteiger partial charge in [-0.3, -0.25) is 0 Å². The van der Waals surface area contributed by atoms with Crippen molar-refractivity contribution in [2.45, 2.75) is 19.3 Å². The molecule has 0 fully saturated rings. The summed E-state index contributed by atoms with van der Waals surface area (Å²) < 4.78 is 11.7. The number of benzene rings is 8. The van der Waals surface area contributed by atoms with Gasteiger partial charge in [-0.05, 0) is 95.1 Å². The summed E-state index contributed by atoms with van der Waals surface area (Å²) in [5.74, 6) is 0. The van der Waals surface area contributed by atoms with E-state index >= 15 is 0 Å². The molecule has 4 heteroatoms. The summed E-state index contributed by atoms with van der Waals surface area (Å²) in [7, 11) is 0. The lowest BCUT2D eigenvalue weighted by atomic mass is 9.82. The van der Waals surface area contributed by atoms with Gasteiger partial charge in [0.1, 0.15) is 5.58 Å². The second kappa shape index (κ2) is 11.2. The van der Waals surface area contributed by atoms with E-state index in [1.165, 1.54) is 69.9 Å². The molecular weight excluding hydrogens is 689 g/mol. The molecule has 0 amide bonds. The van der Waals surface area contributed by atoms with Gasteiger partial charge in [0.05, 0.1) is 16.7 Å². The highest BCUT2D eigenvalue weighted by Gasteiger charge is 2.37. The Kier molecular flexibility index (Phi) is 6.27. The van der Waals surface area contributed by atoms with Gasteiger partial charge in [-0.2, -0.15) is 0 Å². The van der Waals surface area contributed by atoms with Crippen molar-refractivity contribution in [3.63, 3.8) is 0 Å². The molecule has 8 aromatic carbocycles. The zero-order valence-electron chi connectivity index (χ0n) is 30.4. The molecule has 11 aromatic rings. The maximum Gasteiger partial charge on any atom is 0.159 e. The predicted molar refractivity (Wildman–Crippen MR) is 233 cm³/mol. The molecule has 12 rings (SSSR count). The fourth-order valence-corrected chi connectivity index (χ4v) is 10.5. The van der Waals surface area contributed by atoms with Crippen LogP contribution in [0.2, 0.25) is 0 Å². The first kappa shape index (κ1) is 30.8. The third kappa shape index (κ3) is 4.31. The van der Waals surface area contributed by atoms with Crippen LogP contribution in [0.15, 0.2) is 174 Å². The topological polar surface area (TPSA) is 21.3 Å². The molecule has 0 unspecified atom stereocenters. The normalized spacial score (nSPS) is 13.4. The molecule has 3 nitrogen and oxygen atoms in total. The quantitative estimate of drug-likeness (QED) is 0.180. The van der Waals surface area contributed by atoms with Crippen LogP contribution in [-0.4, -0.2) is 4.57 Å². The first-order valence-electron chi connectivity index (χ1n) is 18.9. The van der Waals surface area contributed by atoms with E-state index < -0.39 is 0 Å². The molecule has 0 bridgehead atoms. The molecule has 0 radical (unpaired) electrons. The van der Waals surface area contributed by atoms with Crippen LogP contribution >= 0.6 is 11.3 Å². The summed E-state index contributed by atoms with van der Waals surface area (Å²) in [5.41, 5.74) is 13.7. The number of furan rings is 1. The van der Waals surface area contributed by atoms with Gasteiger partial charge >= 0.3 is 0 Å². The SMILES string of the molecule is CC1(C)c2cc(N(c3ccc4sc5ccccc5c4c3)c3cccc4c3oc3ccccc34)ccc2-c2ccc(-n3c4ccccc4c4ccccc43)cc21. The van der Waals surface area contributed by atoms with Crippen LogP contribution in [0.25, 0.3) is 80.7 Å². The van der Waals surface area contributed by atoms with E-state index in [4.69, 9.17) is 4.42 Å². The lowest BCUT2D eigenvalue weighted by Crippen LogP contribution is -2.17. The number of anilines is 3. The maximum absolute atomic E-state index is 6.70.